The van der Waals surface area contributed by atoms with Gasteiger partial charge in [-0.2, -0.15) is 5.10 Å². The fraction of sp³-hybridized carbons (Fsp3) is 0.727. The van der Waals surface area contributed by atoms with Gasteiger partial charge in [0.1, 0.15) is 0 Å². The van der Waals surface area contributed by atoms with Gasteiger partial charge in [-0.1, -0.05) is 0 Å². The van der Waals surface area contributed by atoms with E-state index in [1.165, 1.54) is 5.69 Å². The van der Waals surface area contributed by atoms with Crippen LogP contribution in [0.1, 0.15) is 25.2 Å². The zero-order chi connectivity index (χ0) is 11.4. The second kappa shape index (κ2) is 5.28. The summed E-state index contributed by atoms with van der Waals surface area (Å²) >= 11 is 0. The molecule has 15 heavy (non-hydrogen) atoms. The third-order valence-corrected chi connectivity index (χ3v) is 2.71. The van der Waals surface area contributed by atoms with Gasteiger partial charge < -0.3 is 5.11 Å². The minimum absolute atomic E-state index is 0.186. The molecule has 86 valence electrons. The van der Waals surface area contributed by atoms with Gasteiger partial charge in [0.15, 0.2) is 0 Å². The van der Waals surface area contributed by atoms with Gasteiger partial charge in [0.05, 0.1) is 18.0 Å². The Morgan fingerprint density at radius 3 is 2.80 bits per heavy atom. The summed E-state index contributed by atoms with van der Waals surface area (Å²) in [4.78, 5) is 2.13. The summed E-state index contributed by atoms with van der Waals surface area (Å²) in [5.74, 6) is 0. The monoisotopic (exact) mass is 211 g/mol. The van der Waals surface area contributed by atoms with Crippen molar-refractivity contribution in [2.45, 2.75) is 39.9 Å². The van der Waals surface area contributed by atoms with Crippen LogP contribution in [0, 0.1) is 6.92 Å². The number of hydrogen-bond donors (Lipinski definition) is 1. The predicted octanol–water partition coefficient (Wildman–Crippen LogP) is 1.02. The molecule has 1 heterocycles. The molecule has 0 aliphatic carbocycles. The van der Waals surface area contributed by atoms with Crippen molar-refractivity contribution in [1.29, 1.82) is 0 Å². The number of aliphatic hydroxyl groups is 1. The molecule has 4 nitrogen and oxygen atoms in total. The first kappa shape index (κ1) is 12.2. The Kier molecular flexibility index (Phi) is 4.29. The van der Waals surface area contributed by atoms with E-state index in [1.807, 2.05) is 25.6 Å². The molecule has 1 unspecified atom stereocenters. The van der Waals surface area contributed by atoms with Gasteiger partial charge in [-0.25, -0.2) is 0 Å². The molecule has 0 aliphatic heterocycles. The summed E-state index contributed by atoms with van der Waals surface area (Å²) in [5.41, 5.74) is 2.26. The summed E-state index contributed by atoms with van der Waals surface area (Å²) < 4.78 is 2.01. The summed E-state index contributed by atoms with van der Waals surface area (Å²) in [6, 6.07) is 2.29. The highest BCUT2D eigenvalue weighted by Gasteiger charge is 2.11. The lowest BCUT2D eigenvalue weighted by Crippen LogP contribution is -2.32. The molecule has 0 bridgehead atoms. The molecule has 0 saturated heterocycles. The third-order valence-electron chi connectivity index (χ3n) is 2.71. The van der Waals surface area contributed by atoms with E-state index in [4.69, 9.17) is 5.11 Å². The molecule has 4 heteroatoms. The fourth-order valence-corrected chi connectivity index (χ4v) is 1.55. The number of aromatic nitrogens is 2. The maximum absolute atomic E-state index is 9.05. The van der Waals surface area contributed by atoms with Crippen molar-refractivity contribution in [3.05, 3.63) is 17.5 Å². The van der Waals surface area contributed by atoms with Gasteiger partial charge in [-0.15, -0.1) is 0 Å². The van der Waals surface area contributed by atoms with Gasteiger partial charge >= 0.3 is 0 Å². The van der Waals surface area contributed by atoms with E-state index in [9.17, 15) is 0 Å². The zero-order valence-electron chi connectivity index (χ0n) is 10.1. The SMILES string of the molecule is CCn1nc(C)cc1CN(C)C(C)CO. The van der Waals surface area contributed by atoms with E-state index >= 15 is 0 Å². The molecule has 0 saturated carbocycles. The van der Waals surface area contributed by atoms with Gasteiger partial charge in [0.25, 0.3) is 0 Å². The largest absolute Gasteiger partial charge is 0.395 e. The topological polar surface area (TPSA) is 41.3 Å². The van der Waals surface area contributed by atoms with Crippen molar-refractivity contribution >= 4 is 0 Å². The van der Waals surface area contributed by atoms with Crippen LogP contribution in [0.3, 0.4) is 0 Å². The molecule has 1 atom stereocenters. The van der Waals surface area contributed by atoms with Crippen LogP contribution in [0.25, 0.3) is 0 Å². The molecule has 1 rings (SSSR count). The van der Waals surface area contributed by atoms with Gasteiger partial charge in [-0.3, -0.25) is 9.58 Å². The van der Waals surface area contributed by atoms with Gasteiger partial charge in [-0.05, 0) is 33.9 Å². The smallest absolute Gasteiger partial charge is 0.0597 e. The number of likely N-dealkylation sites (N-methyl/N-ethyl adjacent to an activating group) is 1. The molecule has 0 fully saturated rings. The maximum atomic E-state index is 9.05. The molecule has 0 aliphatic rings. The number of aliphatic hydroxyl groups excluding tert-OH is 1. The molecule has 1 aromatic heterocycles. The van der Waals surface area contributed by atoms with Crippen LogP contribution >= 0.6 is 0 Å². The lowest BCUT2D eigenvalue weighted by molar-refractivity contribution is 0.151. The van der Waals surface area contributed by atoms with Crippen molar-refractivity contribution < 1.29 is 5.11 Å². The highest BCUT2D eigenvalue weighted by Crippen LogP contribution is 2.08. The Labute approximate surface area is 91.5 Å². The standard InChI is InChI=1S/C11H21N3O/c1-5-14-11(6-9(2)12-14)7-13(4)10(3)8-15/h6,10,15H,5,7-8H2,1-4H3. The second-order valence-electron chi connectivity index (χ2n) is 4.04. The van der Waals surface area contributed by atoms with Crippen molar-refractivity contribution in [2.75, 3.05) is 13.7 Å². The zero-order valence-corrected chi connectivity index (χ0v) is 10.1. The van der Waals surface area contributed by atoms with Crippen LogP contribution in [0.5, 0.6) is 0 Å². The highest BCUT2D eigenvalue weighted by atomic mass is 16.3. The van der Waals surface area contributed by atoms with Crippen molar-refractivity contribution in [3.63, 3.8) is 0 Å². The first-order chi connectivity index (χ1) is 7.08. The Morgan fingerprint density at radius 1 is 1.60 bits per heavy atom. The quantitative estimate of drug-likeness (QED) is 0.790. The Hall–Kier alpha value is -0.870. The number of aryl methyl sites for hydroxylation is 2. The average molecular weight is 211 g/mol. The summed E-state index contributed by atoms with van der Waals surface area (Å²) in [6.45, 7) is 8.02. The first-order valence-electron chi connectivity index (χ1n) is 5.42. The molecule has 0 aromatic carbocycles. The van der Waals surface area contributed by atoms with Crippen molar-refractivity contribution in [2.24, 2.45) is 0 Å². The van der Waals surface area contributed by atoms with E-state index in [0.29, 0.717) is 0 Å². The van der Waals surface area contributed by atoms with E-state index in [2.05, 4.69) is 23.0 Å². The maximum Gasteiger partial charge on any atom is 0.0597 e. The molecule has 1 aromatic rings. The van der Waals surface area contributed by atoms with E-state index < -0.39 is 0 Å². The Bertz CT molecular complexity index is 309. The first-order valence-corrected chi connectivity index (χ1v) is 5.42. The molecule has 1 N–H and O–H groups in total. The van der Waals surface area contributed by atoms with E-state index in [-0.39, 0.29) is 12.6 Å². The number of nitrogens with zero attached hydrogens (tertiary/aromatic N) is 3. The number of hydrogen-bond acceptors (Lipinski definition) is 3. The summed E-state index contributed by atoms with van der Waals surface area (Å²) in [6.07, 6.45) is 0. The van der Waals surface area contributed by atoms with Crippen LogP contribution in [0.4, 0.5) is 0 Å². The van der Waals surface area contributed by atoms with Gasteiger partial charge in [0.2, 0.25) is 0 Å². The Balaban J connectivity index is 2.70. The molecular formula is C11H21N3O. The molecule has 0 spiro atoms. The average Bonchev–Trinajstić information content (AvgIpc) is 2.57. The highest BCUT2D eigenvalue weighted by molar-refractivity contribution is 5.08. The van der Waals surface area contributed by atoms with Gasteiger partial charge in [0, 0.05) is 19.1 Å². The molecular weight excluding hydrogens is 190 g/mol. The van der Waals surface area contributed by atoms with Crippen molar-refractivity contribution in [1.82, 2.24) is 14.7 Å². The van der Waals surface area contributed by atoms with Crippen LogP contribution in [-0.2, 0) is 13.1 Å². The fourth-order valence-electron chi connectivity index (χ4n) is 1.55. The summed E-state index contributed by atoms with van der Waals surface area (Å²) in [5, 5.41) is 13.4. The normalized spacial score (nSPS) is 13.5. The molecule has 0 radical (unpaired) electrons. The summed E-state index contributed by atoms with van der Waals surface area (Å²) in [7, 11) is 2.02. The minimum Gasteiger partial charge on any atom is -0.395 e. The van der Waals surface area contributed by atoms with Crippen molar-refractivity contribution in [3.8, 4) is 0 Å². The van der Waals surface area contributed by atoms with Crippen LogP contribution in [0.15, 0.2) is 6.07 Å². The van der Waals surface area contributed by atoms with Crippen LogP contribution in [-0.4, -0.2) is 39.5 Å². The minimum atomic E-state index is 0.186. The predicted molar refractivity (Wildman–Crippen MR) is 60.7 cm³/mol. The number of rotatable bonds is 5. The second-order valence-corrected chi connectivity index (χ2v) is 4.04. The third kappa shape index (κ3) is 3.04. The van der Waals surface area contributed by atoms with E-state index in [0.717, 1.165) is 18.8 Å². The van der Waals surface area contributed by atoms with E-state index in [1.54, 1.807) is 0 Å². The lowest BCUT2D eigenvalue weighted by atomic mass is 10.3. The lowest BCUT2D eigenvalue weighted by Gasteiger charge is -2.22. The van der Waals surface area contributed by atoms with Crippen LogP contribution < -0.4 is 0 Å². The van der Waals surface area contributed by atoms with Crippen LogP contribution in [0.2, 0.25) is 0 Å². The molecule has 0 amide bonds. The Morgan fingerprint density at radius 2 is 2.27 bits per heavy atom.